The second-order valence-corrected chi connectivity index (χ2v) is 4.81. The minimum absolute atomic E-state index is 0.521. The molecule has 1 aliphatic heterocycles. The summed E-state index contributed by atoms with van der Waals surface area (Å²) in [5, 5.41) is 9.19. The average Bonchev–Trinajstić information content (AvgIpc) is 2.38. The van der Waals surface area contributed by atoms with Gasteiger partial charge in [0.15, 0.2) is 0 Å². The first-order chi connectivity index (χ1) is 8.65. The largest absolute Gasteiger partial charge is 0.399 e. The molecule has 18 heavy (non-hydrogen) atoms. The summed E-state index contributed by atoms with van der Waals surface area (Å²) in [4.78, 5) is 4.74. The van der Waals surface area contributed by atoms with Gasteiger partial charge in [0.05, 0.1) is 11.3 Å². The van der Waals surface area contributed by atoms with Crippen LogP contribution in [0.5, 0.6) is 0 Å². The van der Waals surface area contributed by atoms with Crippen LogP contribution in [0.3, 0.4) is 0 Å². The Morgan fingerprint density at radius 2 is 2.22 bits per heavy atom. The second-order valence-electron chi connectivity index (χ2n) is 4.81. The third-order valence-corrected chi connectivity index (χ3v) is 3.65. The third kappa shape index (κ3) is 2.41. The van der Waals surface area contributed by atoms with Crippen molar-refractivity contribution in [3.8, 4) is 6.07 Å². The summed E-state index contributed by atoms with van der Waals surface area (Å²) >= 11 is 0. The topological polar surface area (TPSA) is 56.3 Å². The molecule has 1 unspecified atom stereocenters. The number of hydrogen-bond donors (Lipinski definition) is 1. The lowest BCUT2D eigenvalue weighted by atomic mass is 10.1. The van der Waals surface area contributed by atoms with Gasteiger partial charge in [0.25, 0.3) is 0 Å². The van der Waals surface area contributed by atoms with Crippen LogP contribution in [0.25, 0.3) is 0 Å². The Balaban J connectivity index is 2.21. The predicted molar refractivity (Wildman–Crippen MR) is 74.5 cm³/mol. The van der Waals surface area contributed by atoms with Crippen LogP contribution in [0.15, 0.2) is 18.2 Å². The summed E-state index contributed by atoms with van der Waals surface area (Å²) in [5.41, 5.74) is 8.06. The van der Waals surface area contributed by atoms with E-state index in [0.717, 1.165) is 31.9 Å². The molecule has 96 valence electrons. The normalized spacial score (nSPS) is 20.7. The van der Waals surface area contributed by atoms with Crippen molar-refractivity contribution in [3.63, 3.8) is 0 Å². The lowest BCUT2D eigenvalue weighted by Gasteiger charge is -2.40. The molecular weight excluding hydrogens is 224 g/mol. The van der Waals surface area contributed by atoms with Gasteiger partial charge >= 0.3 is 0 Å². The molecule has 0 amide bonds. The number of piperazine rings is 1. The highest BCUT2D eigenvalue weighted by Crippen LogP contribution is 2.25. The summed E-state index contributed by atoms with van der Waals surface area (Å²) in [6.45, 7) is 8.49. The van der Waals surface area contributed by atoms with Crippen LogP contribution in [-0.2, 0) is 0 Å². The maximum absolute atomic E-state index is 9.19. The average molecular weight is 244 g/mol. The molecule has 1 fully saturated rings. The van der Waals surface area contributed by atoms with Gasteiger partial charge in [-0.2, -0.15) is 5.26 Å². The zero-order valence-electron chi connectivity index (χ0n) is 11.1. The predicted octanol–water partition coefficient (Wildman–Crippen LogP) is 1.67. The van der Waals surface area contributed by atoms with Crippen LogP contribution < -0.4 is 10.6 Å². The molecule has 0 bridgehead atoms. The van der Waals surface area contributed by atoms with Crippen LogP contribution >= 0.6 is 0 Å². The molecule has 0 saturated carbocycles. The van der Waals surface area contributed by atoms with Crippen LogP contribution in [-0.4, -0.2) is 37.1 Å². The molecule has 1 aromatic rings. The van der Waals surface area contributed by atoms with E-state index in [1.807, 2.05) is 12.1 Å². The summed E-state index contributed by atoms with van der Waals surface area (Å²) in [5.74, 6) is 0. The Kier molecular flexibility index (Phi) is 3.73. The summed E-state index contributed by atoms with van der Waals surface area (Å²) in [6.07, 6.45) is 0. The van der Waals surface area contributed by atoms with Crippen molar-refractivity contribution in [1.29, 1.82) is 5.26 Å². The highest BCUT2D eigenvalue weighted by molar-refractivity contribution is 5.64. The quantitative estimate of drug-likeness (QED) is 0.804. The number of rotatable bonds is 2. The van der Waals surface area contributed by atoms with Crippen molar-refractivity contribution in [3.05, 3.63) is 23.8 Å². The molecule has 0 spiro atoms. The fraction of sp³-hybridized carbons (Fsp3) is 0.500. The van der Waals surface area contributed by atoms with E-state index < -0.39 is 0 Å². The van der Waals surface area contributed by atoms with Gasteiger partial charge in [-0.25, -0.2) is 0 Å². The van der Waals surface area contributed by atoms with E-state index in [1.54, 1.807) is 6.07 Å². The van der Waals surface area contributed by atoms with Crippen LogP contribution in [0, 0.1) is 11.3 Å². The molecule has 1 atom stereocenters. The van der Waals surface area contributed by atoms with Crippen LogP contribution in [0.2, 0.25) is 0 Å². The van der Waals surface area contributed by atoms with E-state index in [-0.39, 0.29) is 0 Å². The van der Waals surface area contributed by atoms with Crippen molar-refractivity contribution < 1.29 is 0 Å². The molecule has 2 rings (SSSR count). The number of nitriles is 1. The zero-order chi connectivity index (χ0) is 13.1. The van der Waals surface area contributed by atoms with E-state index in [0.29, 0.717) is 17.3 Å². The highest BCUT2D eigenvalue weighted by Gasteiger charge is 2.23. The molecule has 1 saturated heterocycles. The Morgan fingerprint density at radius 1 is 1.44 bits per heavy atom. The Hall–Kier alpha value is -1.73. The van der Waals surface area contributed by atoms with Crippen LogP contribution in [0.1, 0.15) is 19.4 Å². The lowest BCUT2D eigenvalue weighted by molar-refractivity contribution is 0.199. The molecular formula is C14H20N4. The number of likely N-dealkylation sites (N-methyl/N-ethyl adjacent to an activating group) is 1. The van der Waals surface area contributed by atoms with Crippen molar-refractivity contribution in [2.24, 2.45) is 0 Å². The fourth-order valence-corrected chi connectivity index (χ4v) is 2.60. The molecule has 0 radical (unpaired) electrons. The summed E-state index contributed by atoms with van der Waals surface area (Å²) in [7, 11) is 0. The smallest absolute Gasteiger partial charge is 0.101 e. The van der Waals surface area contributed by atoms with Crippen molar-refractivity contribution in [2.75, 3.05) is 36.8 Å². The molecule has 2 N–H and O–H groups in total. The number of hydrogen-bond acceptors (Lipinski definition) is 4. The minimum Gasteiger partial charge on any atom is -0.399 e. The van der Waals surface area contributed by atoms with E-state index in [2.05, 4.69) is 29.7 Å². The fourth-order valence-electron chi connectivity index (χ4n) is 2.60. The van der Waals surface area contributed by atoms with Crippen LogP contribution in [0.4, 0.5) is 11.4 Å². The van der Waals surface area contributed by atoms with Gasteiger partial charge in [0.2, 0.25) is 0 Å². The third-order valence-electron chi connectivity index (χ3n) is 3.65. The van der Waals surface area contributed by atoms with Gasteiger partial charge in [-0.3, -0.25) is 4.90 Å². The first-order valence-electron chi connectivity index (χ1n) is 6.44. The molecule has 1 aromatic carbocycles. The molecule has 1 aliphatic rings. The van der Waals surface area contributed by atoms with Crippen molar-refractivity contribution >= 4 is 11.4 Å². The Bertz CT molecular complexity index is 463. The van der Waals surface area contributed by atoms with Gasteiger partial charge in [-0.1, -0.05) is 6.92 Å². The first kappa shape index (κ1) is 12.7. The minimum atomic E-state index is 0.521. The zero-order valence-corrected chi connectivity index (χ0v) is 11.1. The number of nitrogens with zero attached hydrogens (tertiary/aromatic N) is 3. The standard InChI is InChI=1S/C14H20N4/c1-3-17-6-7-18(10-11(17)2)14-5-4-13(16)8-12(14)9-15/h4-5,8,11H,3,6-7,10,16H2,1-2H3. The maximum atomic E-state index is 9.19. The van der Waals surface area contributed by atoms with Gasteiger partial charge in [0, 0.05) is 31.4 Å². The van der Waals surface area contributed by atoms with Crippen molar-refractivity contribution in [1.82, 2.24) is 4.90 Å². The molecule has 0 aliphatic carbocycles. The van der Waals surface area contributed by atoms with Gasteiger partial charge in [-0.15, -0.1) is 0 Å². The van der Waals surface area contributed by atoms with E-state index in [9.17, 15) is 5.26 Å². The number of anilines is 2. The molecule has 4 nitrogen and oxygen atoms in total. The van der Waals surface area contributed by atoms with E-state index >= 15 is 0 Å². The molecule has 0 aromatic heterocycles. The van der Waals surface area contributed by atoms with E-state index in [1.165, 1.54) is 0 Å². The summed E-state index contributed by atoms with van der Waals surface area (Å²) < 4.78 is 0. The number of benzene rings is 1. The molecule has 1 heterocycles. The number of nitrogen functional groups attached to an aromatic ring is 1. The Morgan fingerprint density at radius 3 is 2.83 bits per heavy atom. The second kappa shape index (κ2) is 5.28. The summed E-state index contributed by atoms with van der Waals surface area (Å²) in [6, 6.07) is 8.34. The van der Waals surface area contributed by atoms with Crippen molar-refractivity contribution in [2.45, 2.75) is 19.9 Å². The maximum Gasteiger partial charge on any atom is 0.101 e. The van der Waals surface area contributed by atoms with Gasteiger partial charge in [0.1, 0.15) is 6.07 Å². The molecule has 4 heteroatoms. The van der Waals surface area contributed by atoms with E-state index in [4.69, 9.17) is 5.73 Å². The Labute approximate surface area is 109 Å². The van der Waals surface area contributed by atoms with Gasteiger partial charge in [-0.05, 0) is 31.7 Å². The lowest BCUT2D eigenvalue weighted by Crippen LogP contribution is -2.51. The van der Waals surface area contributed by atoms with Gasteiger partial charge < -0.3 is 10.6 Å². The number of nitrogens with two attached hydrogens (primary N) is 1. The highest BCUT2D eigenvalue weighted by atomic mass is 15.3. The SMILES string of the molecule is CCN1CCN(c2ccc(N)cc2C#N)CC1C. The first-order valence-corrected chi connectivity index (χ1v) is 6.44. The monoisotopic (exact) mass is 244 g/mol.